The second-order valence-electron chi connectivity index (χ2n) is 28.3. The molecule has 0 bridgehead atoms. The lowest BCUT2D eigenvalue weighted by molar-refractivity contribution is -0.870. The molecule has 9 heteroatoms. The highest BCUT2D eigenvalue weighted by Crippen LogP contribution is 2.19. The van der Waals surface area contributed by atoms with Crippen molar-refractivity contribution in [1.29, 1.82) is 0 Å². The first-order valence-electron chi connectivity index (χ1n) is 40.4. The Bertz CT molecular complexity index is 1890. The van der Waals surface area contributed by atoms with E-state index in [0.29, 0.717) is 23.9 Å². The highest BCUT2D eigenvalue weighted by Gasteiger charge is 2.22. The number of carboxylic acids is 1. The van der Waals surface area contributed by atoms with Crippen LogP contribution in [0.3, 0.4) is 0 Å². The number of unbranched alkanes of at least 4 members (excludes halogenated alkanes) is 44. The average molecular weight is 1330 g/mol. The van der Waals surface area contributed by atoms with Crippen molar-refractivity contribution in [3.05, 3.63) is 97.2 Å². The van der Waals surface area contributed by atoms with E-state index in [-0.39, 0.29) is 32.2 Å². The van der Waals surface area contributed by atoms with E-state index in [0.717, 1.165) is 83.5 Å². The first-order valence-corrected chi connectivity index (χ1v) is 40.4. The number of hydrogen-bond acceptors (Lipinski definition) is 8. The Morgan fingerprint density at radius 2 is 0.568 bits per heavy atom. The molecule has 0 heterocycles. The summed E-state index contributed by atoms with van der Waals surface area (Å²) in [5.74, 6) is -2.26. The third-order valence-electron chi connectivity index (χ3n) is 17.8. The van der Waals surface area contributed by atoms with Gasteiger partial charge in [0.25, 0.3) is 0 Å². The minimum Gasteiger partial charge on any atom is -0.545 e. The zero-order valence-electron chi connectivity index (χ0n) is 63.0. The predicted molar refractivity (Wildman–Crippen MR) is 407 cm³/mol. The summed E-state index contributed by atoms with van der Waals surface area (Å²) in [5.41, 5.74) is 0. The number of quaternary nitrogens is 1. The molecule has 0 saturated heterocycles. The lowest BCUT2D eigenvalue weighted by Crippen LogP contribution is -2.44. The first-order chi connectivity index (χ1) is 46.6. The molecule has 0 aromatic heterocycles. The van der Waals surface area contributed by atoms with Crippen molar-refractivity contribution in [3.8, 4) is 0 Å². The van der Waals surface area contributed by atoms with Crippen LogP contribution in [0.4, 0.5) is 0 Å². The molecule has 2 atom stereocenters. The quantitative estimate of drug-likeness (QED) is 0.0195. The number of carbonyl (C=O) groups excluding carboxylic acids is 3. The fourth-order valence-corrected chi connectivity index (χ4v) is 11.8. The van der Waals surface area contributed by atoms with Gasteiger partial charge >= 0.3 is 11.9 Å². The summed E-state index contributed by atoms with van der Waals surface area (Å²) in [6.07, 6.45) is 103. The summed E-state index contributed by atoms with van der Waals surface area (Å²) in [6.45, 7) is 4.58. The summed E-state index contributed by atoms with van der Waals surface area (Å²) in [4.78, 5) is 37.6. The van der Waals surface area contributed by atoms with Crippen LogP contribution in [0, 0.1) is 0 Å². The average Bonchev–Trinajstić information content (AvgIpc) is 3.75. The van der Waals surface area contributed by atoms with Crippen molar-refractivity contribution < 1.29 is 42.9 Å². The maximum absolute atomic E-state index is 13.0. The molecule has 0 radical (unpaired) electrons. The molecule has 0 aliphatic heterocycles. The van der Waals surface area contributed by atoms with Gasteiger partial charge in [0, 0.05) is 12.8 Å². The highest BCUT2D eigenvalue weighted by atomic mass is 16.7. The van der Waals surface area contributed by atoms with Crippen molar-refractivity contribution in [2.45, 2.75) is 386 Å². The molecule has 0 rings (SSSR count). The summed E-state index contributed by atoms with van der Waals surface area (Å²) in [7, 11) is 5.95. The lowest BCUT2D eigenvalue weighted by atomic mass is 10.0. The standard InChI is InChI=1S/C86H153NO8/c1-6-8-10-12-14-16-18-20-22-24-26-28-30-32-34-36-38-40-41-42-43-45-47-49-51-53-55-57-59-61-63-65-67-69-71-73-75-77-84(89)95-82(81-94-86(85(90)91)92-79-78-87(3,4)5)80-93-83(88)76-74-72-70-68-66-64-62-60-58-56-54-52-50-48-46-44-39-37-35-33-31-29-27-25-23-21-19-17-15-13-11-9-7-2/h8-11,14-17,20-23,26-29,82,86H,6-7,12-13,18-19,24-25,30-81H2,1-5H3/b10-8-,11-9-,16-14-,17-15-,22-20-,23-21-,28-26-,29-27-. The number of allylic oxidation sites excluding steroid dienone is 16. The van der Waals surface area contributed by atoms with Crippen LogP contribution in [0.25, 0.3) is 0 Å². The van der Waals surface area contributed by atoms with E-state index in [1.165, 1.54) is 257 Å². The van der Waals surface area contributed by atoms with Gasteiger partial charge in [0.15, 0.2) is 12.4 Å². The molecular formula is C86H153NO8. The summed E-state index contributed by atoms with van der Waals surface area (Å²) in [6, 6.07) is 0. The van der Waals surface area contributed by atoms with Crippen LogP contribution >= 0.6 is 0 Å². The van der Waals surface area contributed by atoms with Crippen LogP contribution in [0.2, 0.25) is 0 Å². The number of nitrogens with zero attached hydrogens (tertiary/aromatic N) is 1. The number of esters is 2. The summed E-state index contributed by atoms with van der Waals surface area (Å²) in [5, 5.41) is 11.9. The molecule has 0 saturated carbocycles. The van der Waals surface area contributed by atoms with E-state index < -0.39 is 24.3 Å². The van der Waals surface area contributed by atoms with Crippen molar-refractivity contribution in [2.75, 3.05) is 47.5 Å². The predicted octanol–water partition coefficient (Wildman–Crippen LogP) is 24.6. The second-order valence-corrected chi connectivity index (χ2v) is 28.3. The number of carbonyl (C=O) groups is 3. The number of hydrogen-bond donors (Lipinski definition) is 0. The number of carboxylic acid groups (broad SMARTS) is 1. The molecule has 0 aromatic carbocycles. The molecule has 0 aromatic rings. The zero-order valence-corrected chi connectivity index (χ0v) is 63.0. The largest absolute Gasteiger partial charge is 0.545 e. The van der Waals surface area contributed by atoms with Crippen molar-refractivity contribution in [3.63, 3.8) is 0 Å². The SMILES string of the molecule is CC/C=C\C/C=C\C/C=C\C/C=C\CCCCCCCCCCCCCCCCCCCCCCCCCCC(=O)OC(COC(=O)CCCCCCCCCCCCCCCCCCCCCC/C=C\C/C=C\C/C=C\C/C=C\CC)COC(OCC[N+](C)(C)C)C(=O)[O-]. The monoisotopic (exact) mass is 1330 g/mol. The molecule has 2 unspecified atom stereocenters. The highest BCUT2D eigenvalue weighted by molar-refractivity contribution is 5.70. The Morgan fingerprint density at radius 3 is 0.842 bits per heavy atom. The van der Waals surface area contributed by atoms with E-state index in [1.54, 1.807) is 0 Å². The molecule has 0 amide bonds. The maximum Gasteiger partial charge on any atom is 0.306 e. The van der Waals surface area contributed by atoms with Gasteiger partial charge in [0.2, 0.25) is 0 Å². The van der Waals surface area contributed by atoms with E-state index in [9.17, 15) is 19.5 Å². The Morgan fingerprint density at radius 1 is 0.316 bits per heavy atom. The fourth-order valence-electron chi connectivity index (χ4n) is 11.8. The van der Waals surface area contributed by atoms with Gasteiger partial charge < -0.3 is 33.3 Å². The number of likely N-dealkylation sites (N-methyl/N-ethyl adjacent to an activating group) is 1. The van der Waals surface area contributed by atoms with Gasteiger partial charge in [-0.3, -0.25) is 9.59 Å². The van der Waals surface area contributed by atoms with Gasteiger partial charge in [-0.15, -0.1) is 0 Å². The molecular weight excluding hydrogens is 1170 g/mol. The van der Waals surface area contributed by atoms with Crippen LogP contribution in [0.1, 0.15) is 373 Å². The maximum atomic E-state index is 13.0. The number of ether oxygens (including phenoxy) is 4. The van der Waals surface area contributed by atoms with E-state index in [2.05, 4.69) is 111 Å². The number of rotatable bonds is 75. The molecule has 0 N–H and O–H groups in total. The molecule has 0 spiro atoms. The van der Waals surface area contributed by atoms with Crippen LogP contribution in [0.15, 0.2) is 97.2 Å². The third kappa shape index (κ3) is 77.4. The Kier molecular flexibility index (Phi) is 72.9. The van der Waals surface area contributed by atoms with Crippen molar-refractivity contribution in [1.82, 2.24) is 0 Å². The molecule has 0 aliphatic carbocycles. The van der Waals surface area contributed by atoms with Gasteiger partial charge in [0.1, 0.15) is 13.2 Å². The smallest absolute Gasteiger partial charge is 0.306 e. The lowest BCUT2D eigenvalue weighted by Gasteiger charge is -2.26. The second kappa shape index (κ2) is 76.0. The van der Waals surface area contributed by atoms with Crippen LogP contribution in [-0.2, 0) is 33.3 Å². The van der Waals surface area contributed by atoms with E-state index in [1.807, 2.05) is 21.1 Å². The molecule has 0 fully saturated rings. The topological polar surface area (TPSA) is 111 Å². The van der Waals surface area contributed by atoms with Crippen LogP contribution in [-0.4, -0.2) is 82.3 Å². The Balaban J connectivity index is 3.97. The van der Waals surface area contributed by atoms with Gasteiger partial charge in [0.05, 0.1) is 40.3 Å². The van der Waals surface area contributed by atoms with Gasteiger partial charge in [-0.05, 0) is 89.9 Å². The minimum absolute atomic E-state index is 0.148. The molecule has 550 valence electrons. The molecule has 0 aliphatic rings. The van der Waals surface area contributed by atoms with Gasteiger partial charge in [-0.2, -0.15) is 0 Å². The summed E-state index contributed by atoms with van der Waals surface area (Å²) >= 11 is 0. The third-order valence-corrected chi connectivity index (χ3v) is 17.8. The van der Waals surface area contributed by atoms with Gasteiger partial charge in [-0.1, -0.05) is 368 Å². The normalized spacial score (nSPS) is 13.1. The van der Waals surface area contributed by atoms with Crippen LogP contribution in [0.5, 0.6) is 0 Å². The minimum atomic E-state index is -1.62. The summed E-state index contributed by atoms with van der Waals surface area (Å²) < 4.78 is 22.9. The molecule has 9 nitrogen and oxygen atoms in total. The van der Waals surface area contributed by atoms with Gasteiger partial charge in [-0.25, -0.2) is 0 Å². The van der Waals surface area contributed by atoms with E-state index >= 15 is 0 Å². The number of aliphatic carboxylic acids is 1. The first kappa shape index (κ1) is 91.2. The Labute approximate surface area is 588 Å². The van der Waals surface area contributed by atoms with Crippen molar-refractivity contribution >= 4 is 17.9 Å². The zero-order chi connectivity index (χ0) is 69.0. The van der Waals surface area contributed by atoms with Crippen LogP contribution < -0.4 is 5.11 Å². The molecule has 95 heavy (non-hydrogen) atoms. The van der Waals surface area contributed by atoms with Crippen molar-refractivity contribution in [2.24, 2.45) is 0 Å². The van der Waals surface area contributed by atoms with E-state index in [4.69, 9.17) is 18.9 Å². The fraction of sp³-hybridized carbons (Fsp3) is 0.779. The Hall–Kier alpha value is -3.79.